The molecule has 0 saturated heterocycles. The maximum absolute atomic E-state index is 13.1. The molecule has 0 atom stereocenters. The van der Waals surface area contributed by atoms with Crippen LogP contribution in [0, 0.1) is 0 Å². The minimum absolute atomic E-state index is 0.00744. The molecule has 4 rings (SSSR count). The van der Waals surface area contributed by atoms with Gasteiger partial charge in [-0.25, -0.2) is 4.79 Å². The number of amides is 3. The third-order valence-corrected chi connectivity index (χ3v) is 5.43. The topological polar surface area (TPSA) is 87.7 Å². The molecule has 0 spiro atoms. The standard InChI is InChI=1S/C27H27N3O4/c1-27(2,3)34-26(33)29-21-12-10-18(17-8-6-5-7-9-17)15-22(21)28-25(32)19-11-13-23-20(14-19)16-24(31)30(23)4/h5-15H,16H2,1-4H3,(H,28,32)(H,29,33). The van der Waals surface area contributed by atoms with Crippen LogP contribution in [0.4, 0.5) is 21.9 Å². The van der Waals surface area contributed by atoms with Crippen molar-refractivity contribution in [2.24, 2.45) is 0 Å². The van der Waals surface area contributed by atoms with E-state index in [0.29, 0.717) is 16.9 Å². The number of ether oxygens (including phenoxy) is 1. The number of nitrogens with one attached hydrogen (secondary N) is 2. The quantitative estimate of drug-likeness (QED) is 0.544. The second-order valence-electron chi connectivity index (χ2n) is 9.18. The van der Waals surface area contributed by atoms with Crippen molar-refractivity contribution in [2.45, 2.75) is 32.8 Å². The molecule has 0 aromatic heterocycles. The molecule has 7 heteroatoms. The Labute approximate surface area is 198 Å². The molecule has 0 bridgehead atoms. The lowest BCUT2D eigenvalue weighted by molar-refractivity contribution is -0.117. The van der Waals surface area contributed by atoms with Gasteiger partial charge in [0.15, 0.2) is 0 Å². The Morgan fingerprint density at radius 2 is 1.62 bits per heavy atom. The third kappa shape index (κ3) is 5.09. The normalized spacial score (nSPS) is 12.8. The van der Waals surface area contributed by atoms with E-state index in [1.807, 2.05) is 42.5 Å². The first-order chi connectivity index (χ1) is 16.1. The number of rotatable bonds is 4. The zero-order valence-electron chi connectivity index (χ0n) is 19.6. The Balaban J connectivity index is 1.64. The van der Waals surface area contributed by atoms with Crippen LogP contribution in [-0.2, 0) is 16.0 Å². The van der Waals surface area contributed by atoms with Crippen molar-refractivity contribution in [1.29, 1.82) is 0 Å². The van der Waals surface area contributed by atoms with E-state index in [9.17, 15) is 14.4 Å². The van der Waals surface area contributed by atoms with Gasteiger partial charge in [-0.3, -0.25) is 14.9 Å². The Hall–Kier alpha value is -4.13. The van der Waals surface area contributed by atoms with E-state index in [1.165, 1.54) is 0 Å². The second-order valence-corrected chi connectivity index (χ2v) is 9.18. The fourth-order valence-corrected chi connectivity index (χ4v) is 3.79. The first-order valence-electron chi connectivity index (χ1n) is 11.0. The smallest absolute Gasteiger partial charge is 0.412 e. The number of hydrogen-bond acceptors (Lipinski definition) is 4. The molecule has 3 aromatic rings. The van der Waals surface area contributed by atoms with Crippen LogP contribution in [-0.4, -0.2) is 30.6 Å². The second kappa shape index (κ2) is 9.02. The number of nitrogens with zero attached hydrogens (tertiary/aromatic N) is 1. The van der Waals surface area contributed by atoms with Crippen molar-refractivity contribution in [2.75, 3.05) is 22.6 Å². The summed E-state index contributed by atoms with van der Waals surface area (Å²) in [5, 5.41) is 5.64. The molecule has 2 N–H and O–H groups in total. The summed E-state index contributed by atoms with van der Waals surface area (Å²) in [6.45, 7) is 5.34. The lowest BCUT2D eigenvalue weighted by atomic mass is 10.0. The molecule has 0 aliphatic carbocycles. The van der Waals surface area contributed by atoms with Crippen molar-refractivity contribution >= 4 is 35.0 Å². The van der Waals surface area contributed by atoms with Crippen LogP contribution in [0.2, 0.25) is 0 Å². The fraction of sp³-hybridized carbons (Fsp3) is 0.222. The fourth-order valence-electron chi connectivity index (χ4n) is 3.79. The molecule has 0 saturated carbocycles. The van der Waals surface area contributed by atoms with Crippen molar-refractivity contribution in [3.05, 3.63) is 77.9 Å². The molecule has 1 heterocycles. The minimum atomic E-state index is -0.660. The highest BCUT2D eigenvalue weighted by atomic mass is 16.6. The first-order valence-corrected chi connectivity index (χ1v) is 11.0. The summed E-state index contributed by atoms with van der Waals surface area (Å²) in [4.78, 5) is 39.1. The number of fused-ring (bicyclic) bond motifs is 1. The van der Waals surface area contributed by atoms with E-state index in [1.54, 1.807) is 57.0 Å². The Bertz CT molecular complexity index is 1260. The Morgan fingerprint density at radius 3 is 2.32 bits per heavy atom. The summed E-state index contributed by atoms with van der Waals surface area (Å²) in [5.41, 5.74) is 4.09. The monoisotopic (exact) mass is 457 g/mol. The minimum Gasteiger partial charge on any atom is -0.444 e. The van der Waals surface area contributed by atoms with Crippen LogP contribution < -0.4 is 15.5 Å². The predicted molar refractivity (Wildman–Crippen MR) is 133 cm³/mol. The summed E-state index contributed by atoms with van der Waals surface area (Å²) < 4.78 is 5.37. The first kappa shape index (κ1) is 23.0. The van der Waals surface area contributed by atoms with Gasteiger partial charge < -0.3 is 15.0 Å². The van der Waals surface area contributed by atoms with E-state index in [-0.39, 0.29) is 18.2 Å². The molecule has 1 aliphatic heterocycles. The average molecular weight is 458 g/mol. The summed E-state index contributed by atoms with van der Waals surface area (Å²) in [6, 6.07) is 20.3. The maximum Gasteiger partial charge on any atom is 0.412 e. The lowest BCUT2D eigenvalue weighted by Gasteiger charge is -2.21. The summed E-state index contributed by atoms with van der Waals surface area (Å²) in [6.07, 6.45) is -0.350. The van der Waals surface area contributed by atoms with Crippen molar-refractivity contribution in [3.63, 3.8) is 0 Å². The van der Waals surface area contributed by atoms with E-state index < -0.39 is 11.7 Å². The Morgan fingerprint density at radius 1 is 0.882 bits per heavy atom. The van der Waals surface area contributed by atoms with Gasteiger partial charge in [-0.15, -0.1) is 0 Å². The molecular weight excluding hydrogens is 430 g/mol. The molecule has 1 aliphatic rings. The van der Waals surface area contributed by atoms with Gasteiger partial charge in [0.2, 0.25) is 5.91 Å². The molecule has 0 fully saturated rings. The zero-order valence-corrected chi connectivity index (χ0v) is 19.6. The van der Waals surface area contributed by atoms with Crippen LogP contribution >= 0.6 is 0 Å². The van der Waals surface area contributed by atoms with Crippen molar-refractivity contribution < 1.29 is 19.1 Å². The molecule has 3 aromatic carbocycles. The van der Waals surface area contributed by atoms with Gasteiger partial charge in [-0.1, -0.05) is 36.4 Å². The van der Waals surface area contributed by atoms with Gasteiger partial charge in [0.05, 0.1) is 17.8 Å². The molecule has 0 unspecified atom stereocenters. The van der Waals surface area contributed by atoms with E-state index in [2.05, 4.69) is 10.6 Å². The third-order valence-electron chi connectivity index (χ3n) is 5.43. The van der Waals surface area contributed by atoms with Crippen molar-refractivity contribution in [3.8, 4) is 11.1 Å². The maximum atomic E-state index is 13.1. The van der Waals surface area contributed by atoms with Gasteiger partial charge in [-0.05, 0) is 67.8 Å². The van der Waals surface area contributed by atoms with E-state index >= 15 is 0 Å². The number of likely N-dealkylation sites (N-methyl/N-ethyl adjacent to an activating group) is 1. The van der Waals surface area contributed by atoms with Crippen LogP contribution in [0.15, 0.2) is 66.7 Å². The predicted octanol–water partition coefficient (Wildman–Crippen LogP) is 5.47. The number of carbonyl (C=O) groups is 3. The van der Waals surface area contributed by atoms with Gasteiger partial charge in [0.25, 0.3) is 5.91 Å². The highest BCUT2D eigenvalue weighted by molar-refractivity contribution is 6.09. The zero-order chi connectivity index (χ0) is 24.5. The molecule has 34 heavy (non-hydrogen) atoms. The number of hydrogen-bond donors (Lipinski definition) is 2. The Kier molecular flexibility index (Phi) is 6.11. The van der Waals surface area contributed by atoms with E-state index in [0.717, 1.165) is 22.4 Å². The molecule has 7 nitrogen and oxygen atoms in total. The summed E-state index contributed by atoms with van der Waals surface area (Å²) in [5.74, 6) is -0.353. The van der Waals surface area contributed by atoms with Crippen LogP contribution in [0.25, 0.3) is 11.1 Å². The lowest BCUT2D eigenvalue weighted by Crippen LogP contribution is -2.27. The van der Waals surface area contributed by atoms with Gasteiger partial charge in [0, 0.05) is 18.3 Å². The van der Waals surface area contributed by atoms with Crippen LogP contribution in [0.5, 0.6) is 0 Å². The van der Waals surface area contributed by atoms with Crippen molar-refractivity contribution in [1.82, 2.24) is 0 Å². The largest absolute Gasteiger partial charge is 0.444 e. The van der Waals surface area contributed by atoms with Gasteiger partial charge >= 0.3 is 6.09 Å². The van der Waals surface area contributed by atoms with E-state index in [4.69, 9.17) is 4.74 Å². The molecule has 0 radical (unpaired) electrons. The summed E-state index contributed by atoms with van der Waals surface area (Å²) in [7, 11) is 1.72. The highest BCUT2D eigenvalue weighted by Gasteiger charge is 2.25. The SMILES string of the molecule is CN1C(=O)Cc2cc(C(=O)Nc3cc(-c4ccccc4)ccc3NC(=O)OC(C)(C)C)ccc21. The van der Waals surface area contributed by atoms with Crippen LogP contribution in [0.3, 0.4) is 0 Å². The van der Waals surface area contributed by atoms with Gasteiger partial charge in [0.1, 0.15) is 5.60 Å². The summed E-state index contributed by atoms with van der Waals surface area (Å²) >= 11 is 0. The average Bonchev–Trinajstić information content (AvgIpc) is 3.07. The molecular formula is C27H27N3O4. The number of carbonyl (C=O) groups excluding carboxylic acids is 3. The molecule has 3 amide bonds. The number of benzene rings is 3. The molecule has 174 valence electrons. The van der Waals surface area contributed by atoms with Crippen LogP contribution in [0.1, 0.15) is 36.7 Å². The van der Waals surface area contributed by atoms with Gasteiger partial charge in [-0.2, -0.15) is 0 Å². The highest BCUT2D eigenvalue weighted by Crippen LogP contribution is 2.32. The number of anilines is 3.